The van der Waals surface area contributed by atoms with E-state index in [4.69, 9.17) is 9.47 Å². The van der Waals surface area contributed by atoms with Crippen molar-refractivity contribution in [2.24, 2.45) is 10.8 Å². The monoisotopic (exact) mass is 299 g/mol. The molecular formula is C14H21NO6. The zero-order valence-corrected chi connectivity index (χ0v) is 13.2. The zero-order valence-electron chi connectivity index (χ0n) is 13.2. The molecule has 1 aliphatic rings. The number of ether oxygens (including phenoxy) is 2. The second-order valence-corrected chi connectivity index (χ2v) is 7.09. The molecule has 2 amide bonds. The summed E-state index contributed by atoms with van der Waals surface area (Å²) in [7, 11) is 0. The summed E-state index contributed by atoms with van der Waals surface area (Å²) in [4.78, 5) is 47.4. The fraction of sp³-hybridized carbons (Fsp3) is 0.714. The third-order valence-electron chi connectivity index (χ3n) is 2.73. The molecule has 0 saturated carbocycles. The Morgan fingerprint density at radius 3 is 1.57 bits per heavy atom. The maximum Gasteiger partial charge on any atom is 0.345 e. The van der Waals surface area contributed by atoms with Crippen LogP contribution in [-0.2, 0) is 28.7 Å². The van der Waals surface area contributed by atoms with E-state index in [9.17, 15) is 19.2 Å². The standard InChI is InChI=1S/C14H21NO6/c1-12(2,3)10(18)20-14(7-8(16)15-9(14)17)21-11(19)13(4,5)6/h7H2,1-6H3,(H,15,16,17). The smallest absolute Gasteiger partial charge is 0.345 e. The quantitative estimate of drug-likeness (QED) is 0.462. The number of carbonyl (C=O) groups excluding carboxylic acids is 4. The molecule has 1 heterocycles. The number of rotatable bonds is 2. The van der Waals surface area contributed by atoms with E-state index in [0.717, 1.165) is 0 Å². The number of imide groups is 1. The third kappa shape index (κ3) is 3.80. The number of nitrogens with one attached hydrogen (secondary N) is 1. The van der Waals surface area contributed by atoms with Crippen LogP contribution in [0.3, 0.4) is 0 Å². The van der Waals surface area contributed by atoms with Crippen molar-refractivity contribution in [3.05, 3.63) is 0 Å². The van der Waals surface area contributed by atoms with Crippen LogP contribution in [0.25, 0.3) is 0 Å². The first-order valence-electron chi connectivity index (χ1n) is 6.59. The summed E-state index contributed by atoms with van der Waals surface area (Å²) in [5.41, 5.74) is -1.82. The summed E-state index contributed by atoms with van der Waals surface area (Å²) in [5, 5.41) is 1.99. The van der Waals surface area contributed by atoms with Crippen LogP contribution in [0.4, 0.5) is 0 Å². The second kappa shape index (κ2) is 5.13. The van der Waals surface area contributed by atoms with Gasteiger partial charge in [-0.1, -0.05) is 0 Å². The molecule has 1 fully saturated rings. The van der Waals surface area contributed by atoms with Gasteiger partial charge in [0.05, 0.1) is 10.8 Å². The molecule has 7 nitrogen and oxygen atoms in total. The first-order valence-corrected chi connectivity index (χ1v) is 6.59. The van der Waals surface area contributed by atoms with Crippen LogP contribution in [0.2, 0.25) is 0 Å². The molecule has 0 bridgehead atoms. The lowest BCUT2D eigenvalue weighted by atomic mass is 9.96. The Bertz CT molecular complexity index is 467. The van der Waals surface area contributed by atoms with Gasteiger partial charge in [0, 0.05) is 0 Å². The van der Waals surface area contributed by atoms with E-state index < -0.39 is 46.8 Å². The van der Waals surface area contributed by atoms with Gasteiger partial charge in [-0.2, -0.15) is 0 Å². The molecule has 0 aromatic carbocycles. The van der Waals surface area contributed by atoms with Crippen molar-refractivity contribution in [3.8, 4) is 0 Å². The highest BCUT2D eigenvalue weighted by atomic mass is 16.7. The maximum absolute atomic E-state index is 12.0. The van der Waals surface area contributed by atoms with Crippen LogP contribution in [0.15, 0.2) is 0 Å². The van der Waals surface area contributed by atoms with Gasteiger partial charge < -0.3 is 9.47 Å². The van der Waals surface area contributed by atoms with Gasteiger partial charge in [-0.25, -0.2) is 0 Å². The summed E-state index contributed by atoms with van der Waals surface area (Å²) in [6.45, 7) is 9.52. The van der Waals surface area contributed by atoms with Gasteiger partial charge in [-0.3, -0.25) is 24.5 Å². The molecule has 1 saturated heterocycles. The molecular weight excluding hydrogens is 278 g/mol. The molecule has 7 heteroatoms. The molecule has 0 radical (unpaired) electrons. The summed E-state index contributed by atoms with van der Waals surface area (Å²) in [6, 6.07) is 0. The van der Waals surface area contributed by atoms with E-state index in [-0.39, 0.29) is 0 Å². The van der Waals surface area contributed by atoms with E-state index in [1.54, 1.807) is 41.5 Å². The van der Waals surface area contributed by atoms with E-state index in [2.05, 4.69) is 0 Å². The minimum absolute atomic E-state index is 0.532. The highest BCUT2D eigenvalue weighted by molar-refractivity contribution is 6.08. The molecule has 21 heavy (non-hydrogen) atoms. The van der Waals surface area contributed by atoms with Crippen LogP contribution < -0.4 is 5.32 Å². The summed E-state index contributed by atoms with van der Waals surface area (Å²) >= 11 is 0. The Balaban J connectivity index is 3.09. The molecule has 0 aromatic rings. The van der Waals surface area contributed by atoms with Crippen molar-refractivity contribution in [3.63, 3.8) is 0 Å². The lowest BCUT2D eigenvalue weighted by Gasteiger charge is -2.30. The molecule has 1 aliphatic heterocycles. The number of hydrogen-bond donors (Lipinski definition) is 1. The SMILES string of the molecule is CC(C)(C)C(=O)OC1(OC(=O)C(C)(C)C)CC(=O)NC1=O. The fourth-order valence-corrected chi connectivity index (χ4v) is 1.35. The van der Waals surface area contributed by atoms with Crippen molar-refractivity contribution < 1.29 is 28.7 Å². The number of carbonyl (C=O) groups is 4. The molecule has 0 aromatic heterocycles. The van der Waals surface area contributed by atoms with Crippen LogP contribution in [0.1, 0.15) is 48.0 Å². The van der Waals surface area contributed by atoms with E-state index >= 15 is 0 Å². The van der Waals surface area contributed by atoms with Gasteiger partial charge >= 0.3 is 23.6 Å². The Kier molecular flexibility index (Phi) is 4.18. The van der Waals surface area contributed by atoms with Crippen molar-refractivity contribution in [1.29, 1.82) is 0 Å². The Labute approximate surface area is 123 Å². The van der Waals surface area contributed by atoms with E-state index in [1.807, 2.05) is 5.32 Å². The van der Waals surface area contributed by atoms with Gasteiger partial charge in [0.15, 0.2) is 0 Å². The maximum atomic E-state index is 12.0. The van der Waals surface area contributed by atoms with Gasteiger partial charge in [0.1, 0.15) is 6.42 Å². The molecule has 1 N–H and O–H groups in total. The molecule has 118 valence electrons. The third-order valence-corrected chi connectivity index (χ3v) is 2.73. The van der Waals surface area contributed by atoms with E-state index in [0.29, 0.717) is 0 Å². The predicted molar refractivity (Wildman–Crippen MR) is 71.6 cm³/mol. The summed E-state index contributed by atoms with van der Waals surface area (Å²) in [6.07, 6.45) is -0.532. The Morgan fingerprint density at radius 2 is 1.33 bits per heavy atom. The predicted octanol–water partition coefficient (Wildman–Crippen LogP) is 0.908. The largest absolute Gasteiger partial charge is 0.412 e. The number of hydrogen-bond acceptors (Lipinski definition) is 6. The van der Waals surface area contributed by atoms with Gasteiger partial charge in [0.25, 0.3) is 0 Å². The second-order valence-electron chi connectivity index (χ2n) is 7.09. The minimum atomic E-state index is -2.22. The van der Waals surface area contributed by atoms with E-state index in [1.165, 1.54) is 0 Å². The van der Waals surface area contributed by atoms with Crippen LogP contribution in [-0.4, -0.2) is 29.5 Å². The molecule has 0 aliphatic carbocycles. The number of esters is 2. The van der Waals surface area contributed by atoms with Crippen molar-refractivity contribution >= 4 is 23.8 Å². The van der Waals surface area contributed by atoms with Gasteiger partial charge in [-0.05, 0) is 41.5 Å². The van der Waals surface area contributed by atoms with Gasteiger partial charge in [0.2, 0.25) is 5.91 Å². The molecule has 0 atom stereocenters. The average Bonchev–Trinajstić information content (AvgIpc) is 2.50. The lowest BCUT2D eigenvalue weighted by Crippen LogP contribution is -2.49. The normalized spacial score (nSPS) is 18.2. The van der Waals surface area contributed by atoms with Crippen molar-refractivity contribution in [1.82, 2.24) is 5.32 Å². The first kappa shape index (κ1) is 17.1. The van der Waals surface area contributed by atoms with Crippen LogP contribution in [0.5, 0.6) is 0 Å². The van der Waals surface area contributed by atoms with Crippen molar-refractivity contribution in [2.75, 3.05) is 0 Å². The van der Waals surface area contributed by atoms with Crippen LogP contribution in [0, 0.1) is 10.8 Å². The topological polar surface area (TPSA) is 98.8 Å². The van der Waals surface area contributed by atoms with Crippen molar-refractivity contribution in [2.45, 2.75) is 53.8 Å². The minimum Gasteiger partial charge on any atom is -0.412 e. The zero-order chi connectivity index (χ0) is 16.6. The highest BCUT2D eigenvalue weighted by Gasteiger charge is 2.56. The fourth-order valence-electron chi connectivity index (χ4n) is 1.35. The molecule has 0 unspecified atom stereocenters. The molecule has 0 spiro atoms. The Morgan fingerprint density at radius 1 is 0.952 bits per heavy atom. The lowest BCUT2D eigenvalue weighted by molar-refractivity contribution is -0.231. The van der Waals surface area contributed by atoms with Crippen LogP contribution >= 0.6 is 0 Å². The summed E-state index contributed by atoms with van der Waals surface area (Å²) < 4.78 is 10.2. The first-order chi connectivity index (χ1) is 9.28. The number of amides is 2. The Hall–Kier alpha value is -1.92. The van der Waals surface area contributed by atoms with Gasteiger partial charge in [-0.15, -0.1) is 0 Å². The highest BCUT2D eigenvalue weighted by Crippen LogP contribution is 2.31. The average molecular weight is 299 g/mol. The summed E-state index contributed by atoms with van der Waals surface area (Å²) in [5.74, 6) is -5.31. The molecule has 1 rings (SSSR count).